The SMILES string of the molecule is CC1Cc2nc(N)nn2CC1c1ccc(F)c(Cl)c1. The van der Waals surface area contributed by atoms with Gasteiger partial charge in [-0.15, -0.1) is 5.10 Å². The molecule has 19 heavy (non-hydrogen) atoms. The molecule has 0 bridgehead atoms. The summed E-state index contributed by atoms with van der Waals surface area (Å²) in [5.74, 6) is 1.46. The molecule has 2 heterocycles. The van der Waals surface area contributed by atoms with Gasteiger partial charge in [0.25, 0.3) is 0 Å². The highest BCUT2D eigenvalue weighted by atomic mass is 35.5. The molecule has 3 rings (SSSR count). The number of anilines is 1. The number of nitrogen functional groups attached to an aromatic ring is 1. The lowest BCUT2D eigenvalue weighted by Gasteiger charge is -2.29. The average molecular weight is 281 g/mol. The van der Waals surface area contributed by atoms with E-state index in [1.54, 1.807) is 12.1 Å². The number of benzene rings is 1. The van der Waals surface area contributed by atoms with Crippen molar-refractivity contribution < 1.29 is 4.39 Å². The Morgan fingerprint density at radius 2 is 2.26 bits per heavy atom. The van der Waals surface area contributed by atoms with Crippen molar-refractivity contribution in [1.82, 2.24) is 14.8 Å². The molecular formula is C13H14ClFN4. The second-order valence-corrected chi connectivity index (χ2v) is 5.44. The molecule has 100 valence electrons. The summed E-state index contributed by atoms with van der Waals surface area (Å²) in [6.07, 6.45) is 0.809. The summed E-state index contributed by atoms with van der Waals surface area (Å²) in [7, 11) is 0. The van der Waals surface area contributed by atoms with Crippen LogP contribution in [0.1, 0.15) is 24.2 Å². The van der Waals surface area contributed by atoms with Crippen LogP contribution in [-0.2, 0) is 13.0 Å². The fourth-order valence-electron chi connectivity index (χ4n) is 2.66. The summed E-state index contributed by atoms with van der Waals surface area (Å²) < 4.78 is 15.1. The first kappa shape index (κ1) is 12.4. The number of halogens is 2. The Hall–Kier alpha value is -1.62. The van der Waals surface area contributed by atoms with Crippen LogP contribution in [-0.4, -0.2) is 14.8 Å². The quantitative estimate of drug-likeness (QED) is 0.874. The highest BCUT2D eigenvalue weighted by Gasteiger charge is 2.29. The molecule has 2 aromatic rings. The van der Waals surface area contributed by atoms with Gasteiger partial charge in [0.05, 0.1) is 11.6 Å². The van der Waals surface area contributed by atoms with E-state index in [4.69, 9.17) is 17.3 Å². The largest absolute Gasteiger partial charge is 0.366 e. The van der Waals surface area contributed by atoms with Crippen molar-refractivity contribution in [2.45, 2.75) is 25.8 Å². The average Bonchev–Trinajstić information content (AvgIpc) is 2.71. The summed E-state index contributed by atoms with van der Waals surface area (Å²) in [5, 5.41) is 4.34. The van der Waals surface area contributed by atoms with Crippen LogP contribution in [0.4, 0.5) is 10.3 Å². The lowest BCUT2D eigenvalue weighted by molar-refractivity contribution is 0.330. The first-order valence-corrected chi connectivity index (χ1v) is 6.56. The van der Waals surface area contributed by atoms with E-state index in [-0.39, 0.29) is 16.8 Å². The Labute approximate surface area is 115 Å². The molecule has 0 fully saturated rings. The van der Waals surface area contributed by atoms with Gasteiger partial charge < -0.3 is 5.73 Å². The summed E-state index contributed by atoms with van der Waals surface area (Å²) in [5.41, 5.74) is 6.64. The highest BCUT2D eigenvalue weighted by molar-refractivity contribution is 6.30. The van der Waals surface area contributed by atoms with Gasteiger partial charge in [0.2, 0.25) is 5.95 Å². The first-order chi connectivity index (χ1) is 9.04. The fraction of sp³-hybridized carbons (Fsp3) is 0.385. The maximum Gasteiger partial charge on any atom is 0.239 e. The second kappa shape index (κ2) is 4.49. The monoisotopic (exact) mass is 280 g/mol. The smallest absolute Gasteiger partial charge is 0.239 e. The molecule has 0 saturated heterocycles. The molecule has 1 aromatic carbocycles. The maximum absolute atomic E-state index is 13.2. The number of nitrogens with two attached hydrogens (primary N) is 1. The van der Waals surface area contributed by atoms with Crippen molar-refractivity contribution in [3.8, 4) is 0 Å². The van der Waals surface area contributed by atoms with Crippen molar-refractivity contribution in [2.75, 3.05) is 5.73 Å². The predicted molar refractivity (Wildman–Crippen MR) is 71.5 cm³/mol. The van der Waals surface area contributed by atoms with Crippen molar-refractivity contribution in [3.05, 3.63) is 40.4 Å². The van der Waals surface area contributed by atoms with E-state index in [0.717, 1.165) is 17.8 Å². The van der Waals surface area contributed by atoms with Crippen LogP contribution in [0.25, 0.3) is 0 Å². The second-order valence-electron chi connectivity index (χ2n) is 5.03. The Morgan fingerprint density at radius 3 is 3.00 bits per heavy atom. The van der Waals surface area contributed by atoms with Crippen LogP contribution in [0.5, 0.6) is 0 Å². The molecule has 0 amide bonds. The molecule has 0 radical (unpaired) electrons. The minimum atomic E-state index is -0.389. The molecule has 1 aromatic heterocycles. The third-order valence-corrected chi connectivity index (χ3v) is 3.99. The van der Waals surface area contributed by atoms with Gasteiger partial charge >= 0.3 is 0 Å². The van der Waals surface area contributed by atoms with Crippen molar-refractivity contribution in [2.24, 2.45) is 5.92 Å². The number of fused-ring (bicyclic) bond motifs is 1. The lowest BCUT2D eigenvalue weighted by Crippen LogP contribution is -2.27. The molecule has 6 heteroatoms. The molecule has 0 saturated carbocycles. The van der Waals surface area contributed by atoms with Gasteiger partial charge in [-0.2, -0.15) is 4.98 Å². The molecule has 2 unspecified atom stereocenters. The number of rotatable bonds is 1. The van der Waals surface area contributed by atoms with Gasteiger partial charge in [0, 0.05) is 12.3 Å². The molecule has 0 aliphatic carbocycles. The molecule has 1 aliphatic heterocycles. The fourth-order valence-corrected chi connectivity index (χ4v) is 2.85. The van der Waals surface area contributed by atoms with Crippen LogP contribution < -0.4 is 5.73 Å². The van der Waals surface area contributed by atoms with Gasteiger partial charge in [-0.25, -0.2) is 9.07 Å². The number of aromatic nitrogens is 3. The van der Waals surface area contributed by atoms with Gasteiger partial charge in [-0.1, -0.05) is 24.6 Å². The van der Waals surface area contributed by atoms with E-state index in [2.05, 4.69) is 17.0 Å². The maximum atomic E-state index is 13.2. The first-order valence-electron chi connectivity index (χ1n) is 6.18. The number of hydrogen-bond acceptors (Lipinski definition) is 3. The molecule has 2 N–H and O–H groups in total. The number of hydrogen-bond donors (Lipinski definition) is 1. The Bertz CT molecular complexity index is 625. The highest BCUT2D eigenvalue weighted by Crippen LogP contribution is 2.34. The summed E-state index contributed by atoms with van der Waals surface area (Å²) in [6, 6.07) is 4.90. The Kier molecular flexibility index (Phi) is 2.93. The van der Waals surface area contributed by atoms with Gasteiger partial charge in [0.1, 0.15) is 11.6 Å². The third-order valence-electron chi connectivity index (χ3n) is 3.70. The Balaban J connectivity index is 1.95. The zero-order valence-electron chi connectivity index (χ0n) is 10.5. The normalized spacial score (nSPS) is 22.3. The van der Waals surface area contributed by atoms with Crippen molar-refractivity contribution in [1.29, 1.82) is 0 Å². The summed E-state index contributed by atoms with van der Waals surface area (Å²) in [6.45, 7) is 2.85. The molecule has 1 aliphatic rings. The van der Waals surface area contributed by atoms with Crippen molar-refractivity contribution >= 4 is 17.5 Å². The minimum absolute atomic E-state index is 0.161. The zero-order valence-corrected chi connectivity index (χ0v) is 11.2. The van der Waals surface area contributed by atoms with E-state index >= 15 is 0 Å². The molecule has 4 nitrogen and oxygen atoms in total. The predicted octanol–water partition coefficient (Wildman–Crippen LogP) is 2.63. The molecule has 0 spiro atoms. The van der Waals surface area contributed by atoms with Gasteiger partial charge in [0.15, 0.2) is 0 Å². The van der Waals surface area contributed by atoms with Crippen LogP contribution in [0.2, 0.25) is 5.02 Å². The topological polar surface area (TPSA) is 56.7 Å². The summed E-state index contributed by atoms with van der Waals surface area (Å²) >= 11 is 5.86. The van der Waals surface area contributed by atoms with E-state index < -0.39 is 0 Å². The van der Waals surface area contributed by atoms with Crippen LogP contribution in [0.15, 0.2) is 18.2 Å². The summed E-state index contributed by atoms with van der Waals surface area (Å²) in [4.78, 5) is 4.20. The van der Waals surface area contributed by atoms with Gasteiger partial charge in [-0.3, -0.25) is 0 Å². The van der Waals surface area contributed by atoms with Crippen LogP contribution >= 0.6 is 11.6 Å². The third kappa shape index (κ3) is 2.18. The van der Waals surface area contributed by atoms with E-state index in [1.807, 2.05) is 4.68 Å². The van der Waals surface area contributed by atoms with E-state index in [0.29, 0.717) is 18.4 Å². The van der Waals surface area contributed by atoms with E-state index in [1.165, 1.54) is 6.07 Å². The zero-order chi connectivity index (χ0) is 13.6. The van der Waals surface area contributed by atoms with Crippen molar-refractivity contribution in [3.63, 3.8) is 0 Å². The van der Waals surface area contributed by atoms with Gasteiger partial charge in [-0.05, 0) is 23.6 Å². The Morgan fingerprint density at radius 1 is 1.47 bits per heavy atom. The number of nitrogens with zero attached hydrogens (tertiary/aromatic N) is 3. The molecule has 2 atom stereocenters. The van der Waals surface area contributed by atoms with Crippen LogP contribution in [0.3, 0.4) is 0 Å². The van der Waals surface area contributed by atoms with Crippen LogP contribution in [0, 0.1) is 11.7 Å². The molecular weight excluding hydrogens is 267 g/mol. The van der Waals surface area contributed by atoms with E-state index in [9.17, 15) is 4.39 Å². The lowest BCUT2D eigenvalue weighted by atomic mass is 9.83. The minimum Gasteiger partial charge on any atom is -0.366 e. The standard InChI is InChI=1S/C13H14ClFN4/c1-7-4-12-17-13(16)18-19(12)6-9(7)8-2-3-11(15)10(14)5-8/h2-3,5,7,9H,4,6H2,1H3,(H2,16,18).